The van der Waals surface area contributed by atoms with Gasteiger partial charge in [-0.05, 0) is 30.7 Å². The number of nitro groups is 1. The minimum atomic E-state index is -0.571. The molecular weight excluding hydrogens is 303 g/mol. The van der Waals surface area contributed by atoms with E-state index in [1.165, 1.54) is 18.2 Å². The molecule has 0 aromatic heterocycles. The predicted octanol–water partition coefficient (Wildman–Crippen LogP) is 3.39. The summed E-state index contributed by atoms with van der Waals surface area (Å²) < 4.78 is 0. The lowest BCUT2D eigenvalue weighted by molar-refractivity contribution is -0.384. The van der Waals surface area contributed by atoms with E-state index in [1.54, 1.807) is 0 Å². The Labute approximate surface area is 126 Å². The first-order chi connectivity index (χ1) is 9.46. The summed E-state index contributed by atoms with van der Waals surface area (Å²) >= 11 is 11.5. The third kappa shape index (κ3) is 3.61. The lowest BCUT2D eigenvalue weighted by atomic mass is 10.0. The van der Waals surface area contributed by atoms with E-state index in [0.717, 1.165) is 19.3 Å². The van der Waals surface area contributed by atoms with Crippen molar-refractivity contribution in [1.29, 1.82) is 0 Å². The summed E-state index contributed by atoms with van der Waals surface area (Å²) in [5.41, 5.74) is 0.123. The first-order valence-corrected chi connectivity index (χ1v) is 7.16. The molecular formula is C13H14Cl2N2O3. The number of amides is 1. The van der Waals surface area contributed by atoms with Crippen molar-refractivity contribution in [1.82, 2.24) is 5.32 Å². The van der Waals surface area contributed by atoms with E-state index in [-0.39, 0.29) is 27.6 Å². The maximum atomic E-state index is 12.0. The summed E-state index contributed by atoms with van der Waals surface area (Å²) in [6.45, 7) is 0.541. The Balaban J connectivity index is 2.04. The third-order valence-corrected chi connectivity index (χ3v) is 3.97. The highest BCUT2D eigenvalue weighted by molar-refractivity contribution is 6.31. The molecule has 7 heteroatoms. The van der Waals surface area contributed by atoms with Crippen molar-refractivity contribution in [3.63, 3.8) is 0 Å². The van der Waals surface area contributed by atoms with Gasteiger partial charge in [-0.25, -0.2) is 0 Å². The highest BCUT2D eigenvalue weighted by Crippen LogP contribution is 2.48. The number of halogens is 2. The van der Waals surface area contributed by atoms with Crippen LogP contribution < -0.4 is 5.32 Å². The van der Waals surface area contributed by atoms with Crippen LogP contribution in [-0.4, -0.2) is 23.3 Å². The quantitative estimate of drug-likeness (QED) is 0.496. The Hall–Kier alpha value is -1.33. The Morgan fingerprint density at radius 1 is 1.40 bits per heavy atom. The van der Waals surface area contributed by atoms with Crippen LogP contribution in [0.4, 0.5) is 5.69 Å². The number of non-ortho nitro benzene ring substituents is 1. The largest absolute Gasteiger partial charge is 0.351 e. The van der Waals surface area contributed by atoms with Gasteiger partial charge in [0.1, 0.15) is 0 Å². The molecule has 0 atom stereocenters. The van der Waals surface area contributed by atoms with Crippen LogP contribution in [0, 0.1) is 15.5 Å². The van der Waals surface area contributed by atoms with Crippen LogP contribution in [0.25, 0.3) is 0 Å². The summed E-state index contributed by atoms with van der Waals surface area (Å²) in [5, 5.41) is 13.7. The maximum Gasteiger partial charge on any atom is 0.271 e. The molecule has 1 N–H and O–H groups in total. The van der Waals surface area contributed by atoms with Gasteiger partial charge in [-0.1, -0.05) is 11.6 Å². The number of carbonyl (C=O) groups is 1. The zero-order valence-electron chi connectivity index (χ0n) is 10.7. The Bertz CT molecular complexity index is 544. The number of rotatable bonds is 6. The first-order valence-electron chi connectivity index (χ1n) is 6.25. The summed E-state index contributed by atoms with van der Waals surface area (Å²) in [5.74, 6) is 0.217. The van der Waals surface area contributed by atoms with Crippen LogP contribution in [0.15, 0.2) is 18.2 Å². The van der Waals surface area contributed by atoms with Crippen LogP contribution in [-0.2, 0) is 0 Å². The number of hydrogen-bond donors (Lipinski definition) is 1. The van der Waals surface area contributed by atoms with Crippen molar-refractivity contribution in [3.8, 4) is 0 Å². The second kappa shape index (κ2) is 5.97. The minimum absolute atomic E-state index is 0.113. The molecule has 1 amide bonds. The second-order valence-electron chi connectivity index (χ2n) is 5.08. The van der Waals surface area contributed by atoms with E-state index < -0.39 is 4.92 Å². The topological polar surface area (TPSA) is 72.2 Å². The Morgan fingerprint density at radius 3 is 2.65 bits per heavy atom. The Morgan fingerprint density at radius 2 is 2.10 bits per heavy atom. The average Bonchev–Trinajstić information content (AvgIpc) is 3.16. The molecule has 1 aliphatic carbocycles. The number of alkyl halides is 1. The second-order valence-corrected chi connectivity index (χ2v) is 5.89. The fourth-order valence-electron chi connectivity index (χ4n) is 2.07. The maximum absolute atomic E-state index is 12.0. The van der Waals surface area contributed by atoms with E-state index in [0.29, 0.717) is 12.4 Å². The normalized spacial score (nSPS) is 15.7. The average molecular weight is 317 g/mol. The molecule has 5 nitrogen and oxygen atoms in total. The molecule has 0 bridgehead atoms. The van der Waals surface area contributed by atoms with Gasteiger partial charge in [0.2, 0.25) is 0 Å². The number of benzene rings is 1. The molecule has 1 aromatic carbocycles. The van der Waals surface area contributed by atoms with Crippen LogP contribution in [0.2, 0.25) is 5.02 Å². The molecule has 0 spiro atoms. The van der Waals surface area contributed by atoms with Gasteiger partial charge in [0.05, 0.1) is 4.92 Å². The van der Waals surface area contributed by atoms with Crippen molar-refractivity contribution in [3.05, 3.63) is 38.9 Å². The Kier molecular flexibility index (Phi) is 4.50. The number of hydrogen-bond acceptors (Lipinski definition) is 3. The van der Waals surface area contributed by atoms with Crippen molar-refractivity contribution in [2.24, 2.45) is 5.41 Å². The van der Waals surface area contributed by atoms with E-state index in [2.05, 4.69) is 5.32 Å². The van der Waals surface area contributed by atoms with E-state index in [9.17, 15) is 14.9 Å². The summed E-state index contributed by atoms with van der Waals surface area (Å²) in [7, 11) is 0. The van der Waals surface area contributed by atoms with Gasteiger partial charge in [-0.2, -0.15) is 0 Å². The smallest absolute Gasteiger partial charge is 0.271 e. The highest BCUT2D eigenvalue weighted by Gasteiger charge is 2.41. The molecule has 0 radical (unpaired) electrons. The molecule has 0 heterocycles. The molecule has 2 rings (SSSR count). The molecule has 0 saturated heterocycles. The summed E-state index contributed by atoms with van der Waals surface area (Å²) in [4.78, 5) is 22.2. The van der Waals surface area contributed by atoms with Crippen molar-refractivity contribution in [2.45, 2.75) is 19.3 Å². The van der Waals surface area contributed by atoms with Crippen LogP contribution in [0.5, 0.6) is 0 Å². The van der Waals surface area contributed by atoms with E-state index in [4.69, 9.17) is 23.2 Å². The molecule has 0 aliphatic heterocycles. The van der Waals surface area contributed by atoms with Gasteiger partial charge >= 0.3 is 0 Å². The molecule has 1 fully saturated rings. The van der Waals surface area contributed by atoms with Gasteiger partial charge in [-0.15, -0.1) is 11.6 Å². The van der Waals surface area contributed by atoms with Gasteiger partial charge in [0, 0.05) is 35.1 Å². The van der Waals surface area contributed by atoms with Crippen molar-refractivity contribution < 1.29 is 9.72 Å². The van der Waals surface area contributed by atoms with Crippen molar-refractivity contribution >= 4 is 34.8 Å². The van der Waals surface area contributed by atoms with Gasteiger partial charge in [-0.3, -0.25) is 14.9 Å². The number of carbonyl (C=O) groups excluding carboxylic acids is 1. The fraction of sp³-hybridized carbons (Fsp3) is 0.462. The zero-order valence-corrected chi connectivity index (χ0v) is 12.2. The number of nitro benzene ring substituents is 1. The molecule has 1 aliphatic rings. The van der Waals surface area contributed by atoms with Crippen LogP contribution >= 0.6 is 23.2 Å². The van der Waals surface area contributed by atoms with Crippen LogP contribution in [0.1, 0.15) is 29.6 Å². The lowest BCUT2D eigenvalue weighted by Gasteiger charge is -2.14. The summed E-state index contributed by atoms with van der Waals surface area (Å²) in [6.07, 6.45) is 2.97. The van der Waals surface area contributed by atoms with Gasteiger partial charge in [0.25, 0.3) is 11.6 Å². The molecule has 1 saturated carbocycles. The molecule has 1 aromatic rings. The number of nitrogens with zero attached hydrogens (tertiary/aromatic N) is 1. The van der Waals surface area contributed by atoms with Gasteiger partial charge < -0.3 is 5.32 Å². The third-order valence-electron chi connectivity index (χ3n) is 3.56. The lowest BCUT2D eigenvalue weighted by Crippen LogP contribution is -2.30. The van der Waals surface area contributed by atoms with Crippen LogP contribution in [0.3, 0.4) is 0 Å². The monoisotopic (exact) mass is 316 g/mol. The minimum Gasteiger partial charge on any atom is -0.351 e. The number of nitrogens with one attached hydrogen (secondary N) is 1. The summed E-state index contributed by atoms with van der Waals surface area (Å²) in [6, 6.07) is 3.86. The predicted molar refractivity (Wildman–Crippen MR) is 77.4 cm³/mol. The molecule has 20 heavy (non-hydrogen) atoms. The van der Waals surface area contributed by atoms with E-state index >= 15 is 0 Å². The van der Waals surface area contributed by atoms with E-state index in [1.807, 2.05) is 0 Å². The first kappa shape index (κ1) is 15.1. The molecule has 108 valence electrons. The van der Waals surface area contributed by atoms with Gasteiger partial charge in [0.15, 0.2) is 0 Å². The fourth-order valence-corrected chi connectivity index (χ4v) is 2.70. The SMILES string of the molecule is O=C(NCC1(CCCl)CC1)c1cc(Cl)cc([N+](=O)[O-])c1. The standard InChI is InChI=1S/C13H14Cl2N2O3/c14-4-3-13(1-2-13)8-16-12(18)9-5-10(15)7-11(6-9)17(19)20/h5-7H,1-4,8H2,(H,16,18). The highest BCUT2D eigenvalue weighted by atomic mass is 35.5. The molecule has 0 unspecified atom stereocenters. The van der Waals surface area contributed by atoms with Crippen molar-refractivity contribution in [2.75, 3.05) is 12.4 Å². The zero-order chi connectivity index (χ0) is 14.8.